The van der Waals surface area contributed by atoms with Gasteiger partial charge in [-0.1, -0.05) is 77.6 Å². The first-order valence-corrected chi connectivity index (χ1v) is 9.91. The molecule has 1 nitrogen and oxygen atoms in total. The summed E-state index contributed by atoms with van der Waals surface area (Å²) in [4.78, 5) is 0. The van der Waals surface area contributed by atoms with E-state index >= 15 is 0 Å². The second kappa shape index (κ2) is 9.18. The highest BCUT2D eigenvalue weighted by atomic mass is 16.3. The van der Waals surface area contributed by atoms with Crippen LogP contribution in [0.2, 0.25) is 0 Å². The third-order valence-corrected chi connectivity index (χ3v) is 6.45. The quantitative estimate of drug-likeness (QED) is 0.431. The minimum Gasteiger partial charge on any atom is -0.396 e. The summed E-state index contributed by atoms with van der Waals surface area (Å²) in [6, 6.07) is 0. The molecule has 21 heavy (non-hydrogen) atoms. The lowest BCUT2D eigenvalue weighted by Gasteiger charge is -2.36. The minimum absolute atomic E-state index is 0.350. The van der Waals surface area contributed by atoms with E-state index in [2.05, 4.69) is 6.92 Å². The first-order chi connectivity index (χ1) is 10.3. The number of unbranched alkanes of at least 4 members (excludes halogenated alkanes) is 9. The van der Waals surface area contributed by atoms with Gasteiger partial charge in [-0.05, 0) is 42.9 Å². The Kier molecular flexibility index (Phi) is 7.57. The smallest absolute Gasteiger partial charge is 0.0490 e. The molecule has 0 amide bonds. The lowest BCUT2D eigenvalue weighted by Crippen LogP contribution is -2.31. The lowest BCUT2D eigenvalue weighted by molar-refractivity contribution is 0.0536. The van der Waals surface area contributed by atoms with Crippen LogP contribution in [0, 0.1) is 17.3 Å². The molecule has 0 aromatic rings. The van der Waals surface area contributed by atoms with Gasteiger partial charge in [-0.3, -0.25) is 0 Å². The van der Waals surface area contributed by atoms with Crippen molar-refractivity contribution in [2.45, 2.75) is 103 Å². The van der Waals surface area contributed by atoms with Gasteiger partial charge in [0.25, 0.3) is 0 Å². The van der Waals surface area contributed by atoms with E-state index in [1.807, 2.05) is 0 Å². The zero-order chi connectivity index (χ0) is 15.0. The van der Waals surface area contributed by atoms with Gasteiger partial charge < -0.3 is 5.11 Å². The first kappa shape index (κ1) is 17.3. The van der Waals surface area contributed by atoms with Crippen LogP contribution >= 0.6 is 0 Å². The largest absolute Gasteiger partial charge is 0.396 e. The third kappa shape index (κ3) is 4.98. The Morgan fingerprint density at radius 3 is 1.95 bits per heavy atom. The zero-order valence-corrected chi connectivity index (χ0v) is 14.4. The molecule has 2 aliphatic carbocycles. The summed E-state index contributed by atoms with van der Waals surface area (Å²) >= 11 is 0. The van der Waals surface area contributed by atoms with Crippen LogP contribution in [-0.2, 0) is 0 Å². The van der Waals surface area contributed by atoms with Gasteiger partial charge in [-0.2, -0.15) is 0 Å². The van der Waals surface area contributed by atoms with E-state index in [0.29, 0.717) is 12.0 Å². The van der Waals surface area contributed by atoms with E-state index < -0.39 is 0 Å². The Morgan fingerprint density at radius 1 is 0.857 bits per heavy atom. The second-order valence-electron chi connectivity index (χ2n) is 8.03. The van der Waals surface area contributed by atoms with Crippen molar-refractivity contribution in [3.8, 4) is 0 Å². The minimum atomic E-state index is 0.350. The maximum absolute atomic E-state index is 9.88. The van der Waals surface area contributed by atoms with Crippen LogP contribution in [0.15, 0.2) is 0 Å². The predicted octanol–water partition coefficient (Wildman–Crippen LogP) is 6.10. The van der Waals surface area contributed by atoms with Crippen LogP contribution in [0.25, 0.3) is 0 Å². The molecule has 2 bridgehead atoms. The number of fused-ring (bicyclic) bond motifs is 2. The van der Waals surface area contributed by atoms with E-state index in [0.717, 1.165) is 11.8 Å². The highest BCUT2D eigenvalue weighted by molar-refractivity contribution is 4.99. The van der Waals surface area contributed by atoms with Crippen LogP contribution in [0.3, 0.4) is 0 Å². The van der Waals surface area contributed by atoms with Crippen LogP contribution in [-0.4, -0.2) is 11.7 Å². The topological polar surface area (TPSA) is 20.2 Å². The second-order valence-corrected chi connectivity index (χ2v) is 8.03. The first-order valence-electron chi connectivity index (χ1n) is 9.91. The summed E-state index contributed by atoms with van der Waals surface area (Å²) in [5.74, 6) is 1.83. The summed E-state index contributed by atoms with van der Waals surface area (Å²) in [6.45, 7) is 2.75. The molecule has 0 aromatic carbocycles. The van der Waals surface area contributed by atoms with Crippen LogP contribution in [0.1, 0.15) is 103 Å². The van der Waals surface area contributed by atoms with Gasteiger partial charge in [-0.25, -0.2) is 0 Å². The van der Waals surface area contributed by atoms with Crippen molar-refractivity contribution in [2.75, 3.05) is 6.61 Å². The molecular formula is C20H38O. The maximum Gasteiger partial charge on any atom is 0.0490 e. The number of hydrogen-bond donors (Lipinski definition) is 1. The molecule has 3 unspecified atom stereocenters. The van der Waals surface area contributed by atoms with Gasteiger partial charge in [0.1, 0.15) is 0 Å². The molecule has 0 spiro atoms. The van der Waals surface area contributed by atoms with Gasteiger partial charge in [0.2, 0.25) is 0 Å². The van der Waals surface area contributed by atoms with Gasteiger partial charge in [-0.15, -0.1) is 0 Å². The molecule has 1 heteroatoms. The summed E-state index contributed by atoms with van der Waals surface area (Å²) < 4.78 is 0. The molecule has 2 aliphatic rings. The predicted molar refractivity (Wildman–Crippen MR) is 91.4 cm³/mol. The fourth-order valence-electron chi connectivity index (χ4n) is 5.10. The molecule has 2 fully saturated rings. The van der Waals surface area contributed by atoms with Crippen LogP contribution in [0.5, 0.6) is 0 Å². The van der Waals surface area contributed by atoms with Crippen LogP contribution in [0.4, 0.5) is 0 Å². The Balaban J connectivity index is 1.46. The monoisotopic (exact) mass is 294 g/mol. The lowest BCUT2D eigenvalue weighted by atomic mass is 9.70. The molecule has 1 N–H and O–H groups in total. The van der Waals surface area contributed by atoms with Crippen molar-refractivity contribution in [3.63, 3.8) is 0 Å². The average Bonchev–Trinajstić information content (AvgIpc) is 3.10. The summed E-state index contributed by atoms with van der Waals surface area (Å²) in [5, 5.41) is 9.88. The number of rotatable bonds is 12. The molecule has 0 saturated heterocycles. The van der Waals surface area contributed by atoms with E-state index in [9.17, 15) is 5.11 Å². The summed E-state index contributed by atoms with van der Waals surface area (Å²) in [7, 11) is 0. The Bertz CT molecular complexity index is 275. The van der Waals surface area contributed by atoms with E-state index in [1.165, 1.54) is 96.3 Å². The molecule has 0 aromatic heterocycles. The molecule has 0 aliphatic heterocycles. The SMILES string of the molecule is CCCCCCCCCCCCC1(CO)CC2CCC1C2. The van der Waals surface area contributed by atoms with Crippen molar-refractivity contribution < 1.29 is 5.11 Å². The highest BCUT2D eigenvalue weighted by Gasteiger charge is 2.49. The zero-order valence-electron chi connectivity index (χ0n) is 14.4. The molecule has 0 radical (unpaired) electrons. The number of aliphatic hydroxyl groups excluding tert-OH is 1. The van der Waals surface area contributed by atoms with Crippen molar-refractivity contribution in [2.24, 2.45) is 17.3 Å². The van der Waals surface area contributed by atoms with Crippen molar-refractivity contribution in [3.05, 3.63) is 0 Å². The van der Waals surface area contributed by atoms with E-state index in [-0.39, 0.29) is 0 Å². The van der Waals surface area contributed by atoms with Crippen LogP contribution < -0.4 is 0 Å². The number of hydrogen-bond acceptors (Lipinski definition) is 1. The van der Waals surface area contributed by atoms with Crippen molar-refractivity contribution in [1.29, 1.82) is 0 Å². The summed E-state index contributed by atoms with van der Waals surface area (Å²) in [6.07, 6.45) is 21.1. The fraction of sp³-hybridized carbons (Fsp3) is 1.00. The van der Waals surface area contributed by atoms with Crippen molar-refractivity contribution >= 4 is 0 Å². The normalized spacial score (nSPS) is 31.1. The molecule has 0 heterocycles. The van der Waals surface area contributed by atoms with Gasteiger partial charge in [0.15, 0.2) is 0 Å². The van der Waals surface area contributed by atoms with Crippen molar-refractivity contribution in [1.82, 2.24) is 0 Å². The number of aliphatic hydroxyl groups is 1. The Labute approximate surface area is 132 Å². The molecule has 2 rings (SSSR count). The molecular weight excluding hydrogens is 256 g/mol. The molecule has 3 atom stereocenters. The van der Waals surface area contributed by atoms with E-state index in [4.69, 9.17) is 0 Å². The van der Waals surface area contributed by atoms with Gasteiger partial charge >= 0.3 is 0 Å². The Morgan fingerprint density at radius 2 is 1.48 bits per heavy atom. The average molecular weight is 295 g/mol. The molecule has 124 valence electrons. The third-order valence-electron chi connectivity index (χ3n) is 6.45. The van der Waals surface area contributed by atoms with Gasteiger partial charge in [0, 0.05) is 6.61 Å². The maximum atomic E-state index is 9.88. The van der Waals surface area contributed by atoms with Gasteiger partial charge in [0.05, 0.1) is 0 Å². The fourth-order valence-corrected chi connectivity index (χ4v) is 5.10. The highest BCUT2D eigenvalue weighted by Crippen LogP contribution is 2.57. The standard InChI is InChI=1S/C20H38O/c1-2-3-4-5-6-7-8-9-10-11-14-20(17-21)16-18-12-13-19(20)15-18/h18-19,21H,2-17H2,1H3. The summed E-state index contributed by atoms with van der Waals surface area (Å²) in [5.41, 5.74) is 0.350. The molecule has 2 saturated carbocycles. The Hall–Kier alpha value is -0.0400. The van der Waals surface area contributed by atoms with E-state index in [1.54, 1.807) is 0 Å².